The van der Waals surface area contributed by atoms with E-state index in [-0.39, 0.29) is 12.5 Å². The Morgan fingerprint density at radius 1 is 1.33 bits per heavy atom. The van der Waals surface area contributed by atoms with Crippen LogP contribution >= 0.6 is 11.8 Å². The van der Waals surface area contributed by atoms with E-state index in [0.717, 1.165) is 5.56 Å². The van der Waals surface area contributed by atoms with E-state index in [0.29, 0.717) is 35.2 Å². The second-order valence-corrected chi connectivity index (χ2v) is 7.16. The summed E-state index contributed by atoms with van der Waals surface area (Å²) in [5.41, 5.74) is 1.95. The zero-order valence-electron chi connectivity index (χ0n) is 15.4. The van der Waals surface area contributed by atoms with Crippen molar-refractivity contribution in [3.05, 3.63) is 53.2 Å². The van der Waals surface area contributed by atoms with Crippen LogP contribution in [0.1, 0.15) is 18.9 Å². The van der Waals surface area contributed by atoms with Crippen LogP contribution in [0.3, 0.4) is 0 Å². The summed E-state index contributed by atoms with van der Waals surface area (Å²) in [4.78, 5) is 31.4. The monoisotopic (exact) mass is 386 g/mol. The molecule has 0 aliphatic carbocycles. The number of methoxy groups -OCH3 is 1. The number of amides is 1. The molecule has 1 fully saturated rings. The number of hydrogen-bond donors (Lipinski definition) is 0. The van der Waals surface area contributed by atoms with Crippen LogP contribution in [0, 0.1) is 0 Å². The Balaban J connectivity index is 1.95. The van der Waals surface area contributed by atoms with Crippen LogP contribution in [0.25, 0.3) is 6.08 Å². The van der Waals surface area contributed by atoms with E-state index in [1.165, 1.54) is 11.8 Å². The second kappa shape index (κ2) is 9.01. The molecular weight excluding hydrogens is 364 g/mol. The number of hydrogen-bond acceptors (Lipinski definition) is 6. The minimum absolute atomic E-state index is 0.0371. The summed E-state index contributed by atoms with van der Waals surface area (Å²) in [6, 6.07) is 9.22. The third-order valence-electron chi connectivity index (χ3n) is 4.26. The maximum atomic E-state index is 12.7. The summed E-state index contributed by atoms with van der Waals surface area (Å²) in [5.74, 6) is 0.188. The van der Waals surface area contributed by atoms with Crippen LogP contribution in [0.5, 0.6) is 0 Å². The van der Waals surface area contributed by atoms with E-state index in [1.54, 1.807) is 18.9 Å². The van der Waals surface area contributed by atoms with Crippen molar-refractivity contribution in [3.8, 4) is 0 Å². The first-order chi connectivity index (χ1) is 13.1. The van der Waals surface area contributed by atoms with Gasteiger partial charge in [-0.3, -0.25) is 9.69 Å². The molecule has 27 heavy (non-hydrogen) atoms. The lowest BCUT2D eigenvalue weighted by Gasteiger charge is -2.37. The van der Waals surface area contributed by atoms with Crippen LogP contribution in [-0.4, -0.2) is 54.1 Å². The Kier molecular flexibility index (Phi) is 6.47. The number of nitrogens with zero attached hydrogens (tertiary/aromatic N) is 2. The number of amidine groups is 1. The Labute approximate surface area is 162 Å². The Morgan fingerprint density at radius 3 is 2.85 bits per heavy atom. The highest BCUT2D eigenvalue weighted by Gasteiger charge is 2.39. The third-order valence-corrected chi connectivity index (χ3v) is 5.21. The summed E-state index contributed by atoms with van der Waals surface area (Å²) >= 11 is 1.53. The molecule has 1 amide bonds. The number of carbonyl (C=O) groups excluding carboxylic acids is 2. The molecule has 0 spiro atoms. The van der Waals surface area contributed by atoms with Crippen LogP contribution in [-0.2, 0) is 19.1 Å². The van der Waals surface area contributed by atoms with Crippen LogP contribution in [0.15, 0.2) is 52.7 Å². The van der Waals surface area contributed by atoms with Gasteiger partial charge in [-0.05, 0) is 12.5 Å². The molecule has 0 radical (unpaired) electrons. The standard InChI is InChI=1S/C20H22N2O4S/c1-14-18(19(24)26-12-11-25-2)16(9-8-15-6-4-3-5-7-15)22-17(23)10-13-27-20(22)21-14/h3-9,16H,10-13H2,1-2H3/t16-/m1/s1. The maximum Gasteiger partial charge on any atom is 0.338 e. The molecule has 0 bridgehead atoms. The second-order valence-electron chi connectivity index (χ2n) is 6.10. The first-order valence-corrected chi connectivity index (χ1v) is 9.74. The number of esters is 1. The molecule has 0 aromatic heterocycles. The number of rotatable bonds is 6. The van der Waals surface area contributed by atoms with Crippen molar-refractivity contribution in [2.75, 3.05) is 26.1 Å². The van der Waals surface area contributed by atoms with Gasteiger partial charge in [0.2, 0.25) is 5.91 Å². The molecule has 0 unspecified atom stereocenters. The van der Waals surface area contributed by atoms with Crippen LogP contribution in [0.2, 0.25) is 0 Å². The lowest BCUT2D eigenvalue weighted by atomic mass is 10.00. The molecular formula is C20H22N2O4S. The van der Waals surface area contributed by atoms with Gasteiger partial charge in [-0.2, -0.15) is 0 Å². The fourth-order valence-electron chi connectivity index (χ4n) is 2.95. The lowest BCUT2D eigenvalue weighted by molar-refractivity contribution is -0.141. The number of aliphatic imine (C=N–C) groups is 1. The molecule has 3 rings (SSSR count). The molecule has 142 valence electrons. The zero-order chi connectivity index (χ0) is 19.2. The van der Waals surface area contributed by atoms with E-state index in [9.17, 15) is 9.59 Å². The molecule has 6 nitrogen and oxygen atoms in total. The van der Waals surface area contributed by atoms with Crippen molar-refractivity contribution in [1.82, 2.24) is 4.90 Å². The van der Waals surface area contributed by atoms with E-state index in [4.69, 9.17) is 9.47 Å². The average molecular weight is 386 g/mol. The van der Waals surface area contributed by atoms with Crippen molar-refractivity contribution >= 4 is 34.9 Å². The van der Waals surface area contributed by atoms with E-state index >= 15 is 0 Å². The van der Waals surface area contributed by atoms with Gasteiger partial charge in [0.25, 0.3) is 0 Å². The average Bonchev–Trinajstić information content (AvgIpc) is 2.66. The van der Waals surface area contributed by atoms with Crippen molar-refractivity contribution in [3.63, 3.8) is 0 Å². The van der Waals surface area contributed by atoms with Crippen molar-refractivity contribution in [2.45, 2.75) is 19.4 Å². The number of allylic oxidation sites excluding steroid dienone is 1. The summed E-state index contributed by atoms with van der Waals surface area (Å²) in [7, 11) is 1.55. The van der Waals surface area contributed by atoms with E-state index < -0.39 is 12.0 Å². The Hall–Kier alpha value is -2.38. The number of carbonyl (C=O) groups is 2. The predicted molar refractivity (Wildman–Crippen MR) is 106 cm³/mol. The molecule has 1 aromatic rings. The fourth-order valence-corrected chi connectivity index (χ4v) is 3.96. The molecule has 1 saturated heterocycles. The number of benzene rings is 1. The van der Waals surface area contributed by atoms with Crippen LogP contribution in [0.4, 0.5) is 0 Å². The van der Waals surface area contributed by atoms with Crippen molar-refractivity contribution < 1.29 is 19.1 Å². The first-order valence-electron chi connectivity index (χ1n) is 8.75. The quantitative estimate of drug-likeness (QED) is 0.555. The highest BCUT2D eigenvalue weighted by molar-refractivity contribution is 8.14. The van der Waals surface area contributed by atoms with Gasteiger partial charge in [0.05, 0.1) is 23.9 Å². The van der Waals surface area contributed by atoms with Gasteiger partial charge >= 0.3 is 5.97 Å². The normalized spacial score (nSPS) is 19.9. The molecule has 2 aliphatic rings. The summed E-state index contributed by atoms with van der Waals surface area (Å²) < 4.78 is 10.3. The lowest BCUT2D eigenvalue weighted by Crippen LogP contribution is -2.49. The van der Waals surface area contributed by atoms with E-state index in [2.05, 4.69) is 4.99 Å². The fraction of sp³-hybridized carbons (Fsp3) is 0.350. The maximum absolute atomic E-state index is 12.7. The van der Waals surface area contributed by atoms with Crippen molar-refractivity contribution in [2.24, 2.45) is 4.99 Å². The smallest absolute Gasteiger partial charge is 0.338 e. The summed E-state index contributed by atoms with van der Waals surface area (Å²) in [5, 5.41) is 0.639. The predicted octanol–water partition coefficient (Wildman–Crippen LogP) is 2.87. The molecule has 0 N–H and O–H groups in total. The molecule has 0 saturated carbocycles. The van der Waals surface area contributed by atoms with Gasteiger partial charge in [0.1, 0.15) is 6.61 Å². The van der Waals surface area contributed by atoms with Gasteiger partial charge in [-0.1, -0.05) is 54.2 Å². The Morgan fingerprint density at radius 2 is 2.11 bits per heavy atom. The SMILES string of the molecule is COCCOC(=O)C1=C(C)N=C2SCCC(=O)N2[C@@H]1C=Cc1ccccc1. The zero-order valence-corrected chi connectivity index (χ0v) is 16.2. The third kappa shape index (κ3) is 4.48. The van der Waals surface area contributed by atoms with Gasteiger partial charge < -0.3 is 9.47 Å². The summed E-state index contributed by atoms with van der Waals surface area (Å²) in [6.45, 7) is 2.25. The van der Waals surface area contributed by atoms with Crippen LogP contribution < -0.4 is 0 Å². The van der Waals surface area contributed by atoms with Crippen molar-refractivity contribution in [1.29, 1.82) is 0 Å². The Bertz CT molecular complexity index is 801. The number of ether oxygens (including phenoxy) is 2. The molecule has 1 aromatic carbocycles. The summed E-state index contributed by atoms with van der Waals surface area (Å²) in [6.07, 6.45) is 4.20. The minimum Gasteiger partial charge on any atom is -0.460 e. The number of thioether (sulfide) groups is 1. The molecule has 2 heterocycles. The molecule has 2 aliphatic heterocycles. The highest BCUT2D eigenvalue weighted by atomic mass is 32.2. The largest absolute Gasteiger partial charge is 0.460 e. The molecule has 1 atom stereocenters. The van der Waals surface area contributed by atoms with Gasteiger partial charge in [0, 0.05) is 19.3 Å². The van der Waals surface area contributed by atoms with Gasteiger partial charge in [0.15, 0.2) is 5.17 Å². The first kappa shape index (κ1) is 19.4. The van der Waals surface area contributed by atoms with Gasteiger partial charge in [-0.25, -0.2) is 9.79 Å². The van der Waals surface area contributed by atoms with Gasteiger partial charge in [-0.15, -0.1) is 0 Å². The minimum atomic E-state index is -0.534. The highest BCUT2D eigenvalue weighted by Crippen LogP contribution is 2.32. The molecule has 7 heteroatoms. The number of fused-ring (bicyclic) bond motifs is 1. The topological polar surface area (TPSA) is 68.2 Å². The van der Waals surface area contributed by atoms with E-state index in [1.807, 2.05) is 42.5 Å².